The predicted octanol–water partition coefficient (Wildman–Crippen LogP) is 4.74. The SMILES string of the molecule is COC(=O)C1=C(C)N(CCc2ccc(OC)c(OC)c2)C(=O)/C1=C\c1ccc(C(C)C)cc1. The predicted molar refractivity (Wildman–Crippen MR) is 128 cm³/mol. The largest absolute Gasteiger partial charge is 0.493 e. The average molecular weight is 450 g/mol. The number of carbonyl (C=O) groups is 2. The second-order valence-electron chi connectivity index (χ2n) is 8.23. The van der Waals surface area contributed by atoms with Crippen LogP contribution >= 0.6 is 0 Å². The summed E-state index contributed by atoms with van der Waals surface area (Å²) in [6.07, 6.45) is 2.35. The Bertz CT molecular complexity index is 1100. The van der Waals surface area contributed by atoms with Crippen LogP contribution in [0.15, 0.2) is 59.3 Å². The van der Waals surface area contributed by atoms with Crippen LogP contribution in [0.5, 0.6) is 11.5 Å². The quantitative estimate of drug-likeness (QED) is 0.430. The number of methoxy groups -OCH3 is 3. The number of allylic oxidation sites excluding steroid dienone is 1. The van der Waals surface area contributed by atoms with Gasteiger partial charge < -0.3 is 19.1 Å². The van der Waals surface area contributed by atoms with Crippen LogP contribution in [0.4, 0.5) is 0 Å². The van der Waals surface area contributed by atoms with Crippen molar-refractivity contribution in [3.05, 3.63) is 76.0 Å². The Kier molecular flexibility index (Phi) is 7.59. The van der Waals surface area contributed by atoms with Gasteiger partial charge in [-0.1, -0.05) is 44.2 Å². The normalized spacial score (nSPS) is 14.9. The zero-order chi connectivity index (χ0) is 24.1. The third-order valence-corrected chi connectivity index (χ3v) is 5.89. The molecule has 33 heavy (non-hydrogen) atoms. The minimum absolute atomic E-state index is 0.207. The zero-order valence-electron chi connectivity index (χ0n) is 20.1. The molecule has 0 saturated heterocycles. The number of amides is 1. The maximum absolute atomic E-state index is 13.3. The number of hydrogen-bond acceptors (Lipinski definition) is 5. The van der Waals surface area contributed by atoms with Crippen molar-refractivity contribution in [1.29, 1.82) is 0 Å². The van der Waals surface area contributed by atoms with E-state index >= 15 is 0 Å². The Hall–Kier alpha value is -3.54. The van der Waals surface area contributed by atoms with E-state index in [4.69, 9.17) is 14.2 Å². The molecule has 0 radical (unpaired) electrons. The lowest BCUT2D eigenvalue weighted by molar-refractivity contribution is -0.136. The van der Waals surface area contributed by atoms with Crippen LogP contribution in [0.1, 0.15) is 43.4 Å². The molecule has 2 aromatic carbocycles. The average Bonchev–Trinajstić information content (AvgIpc) is 3.05. The highest BCUT2D eigenvalue weighted by molar-refractivity contribution is 6.16. The molecule has 1 aliphatic rings. The molecule has 1 amide bonds. The number of esters is 1. The van der Waals surface area contributed by atoms with Crippen LogP contribution in [0.3, 0.4) is 0 Å². The van der Waals surface area contributed by atoms with E-state index in [0.717, 1.165) is 11.1 Å². The molecule has 2 aromatic rings. The van der Waals surface area contributed by atoms with Crippen molar-refractivity contribution in [2.24, 2.45) is 0 Å². The number of hydrogen-bond donors (Lipinski definition) is 0. The standard InChI is InChI=1S/C27H31NO5/c1-17(2)21-10-7-19(8-11-21)15-22-25(27(30)33-6)18(3)28(26(22)29)14-13-20-9-12-23(31-4)24(16-20)32-5/h7-12,15-17H,13-14H2,1-6H3/b22-15-. The molecule has 0 bridgehead atoms. The highest BCUT2D eigenvalue weighted by Gasteiger charge is 2.36. The van der Waals surface area contributed by atoms with Gasteiger partial charge in [0.1, 0.15) is 0 Å². The molecule has 0 fully saturated rings. The molecular formula is C27H31NO5. The molecule has 0 spiro atoms. The van der Waals surface area contributed by atoms with Crippen LogP contribution in [0, 0.1) is 0 Å². The van der Waals surface area contributed by atoms with Gasteiger partial charge in [0.25, 0.3) is 5.91 Å². The van der Waals surface area contributed by atoms with Gasteiger partial charge in [-0.25, -0.2) is 4.79 Å². The number of benzene rings is 2. The Morgan fingerprint density at radius 2 is 1.67 bits per heavy atom. The molecule has 0 N–H and O–H groups in total. The Morgan fingerprint density at radius 1 is 1.00 bits per heavy atom. The summed E-state index contributed by atoms with van der Waals surface area (Å²) < 4.78 is 15.7. The summed E-state index contributed by atoms with van der Waals surface area (Å²) in [6.45, 7) is 6.46. The Labute approximate surface area is 195 Å². The van der Waals surface area contributed by atoms with Crippen molar-refractivity contribution in [2.75, 3.05) is 27.9 Å². The van der Waals surface area contributed by atoms with Gasteiger partial charge in [0.05, 0.1) is 32.5 Å². The van der Waals surface area contributed by atoms with E-state index in [1.165, 1.54) is 12.7 Å². The van der Waals surface area contributed by atoms with Crippen molar-refractivity contribution in [2.45, 2.75) is 33.1 Å². The van der Waals surface area contributed by atoms with Crippen LogP contribution in [-0.4, -0.2) is 44.7 Å². The third-order valence-electron chi connectivity index (χ3n) is 5.89. The molecule has 174 valence electrons. The van der Waals surface area contributed by atoms with Crippen molar-refractivity contribution in [3.8, 4) is 11.5 Å². The summed E-state index contributed by atoms with van der Waals surface area (Å²) in [6, 6.07) is 13.7. The van der Waals surface area contributed by atoms with Gasteiger partial charge in [-0.05, 0) is 54.2 Å². The maximum Gasteiger partial charge on any atom is 0.340 e. The number of ether oxygens (including phenoxy) is 3. The van der Waals surface area contributed by atoms with Crippen LogP contribution < -0.4 is 9.47 Å². The van der Waals surface area contributed by atoms with Gasteiger partial charge >= 0.3 is 5.97 Å². The van der Waals surface area contributed by atoms with E-state index in [2.05, 4.69) is 13.8 Å². The van der Waals surface area contributed by atoms with Crippen LogP contribution in [0.2, 0.25) is 0 Å². The summed E-state index contributed by atoms with van der Waals surface area (Å²) >= 11 is 0. The van der Waals surface area contributed by atoms with Gasteiger partial charge in [0, 0.05) is 12.2 Å². The lowest BCUT2D eigenvalue weighted by Gasteiger charge is -2.18. The second-order valence-corrected chi connectivity index (χ2v) is 8.23. The molecule has 0 saturated carbocycles. The van der Waals surface area contributed by atoms with E-state index in [-0.39, 0.29) is 5.91 Å². The van der Waals surface area contributed by atoms with Gasteiger partial charge in [0.2, 0.25) is 0 Å². The minimum Gasteiger partial charge on any atom is -0.493 e. The molecule has 6 heteroatoms. The molecular weight excluding hydrogens is 418 g/mol. The minimum atomic E-state index is -0.514. The van der Waals surface area contributed by atoms with Gasteiger partial charge in [-0.15, -0.1) is 0 Å². The zero-order valence-corrected chi connectivity index (χ0v) is 20.1. The molecule has 0 atom stereocenters. The van der Waals surface area contributed by atoms with E-state index < -0.39 is 5.97 Å². The van der Waals surface area contributed by atoms with Crippen LogP contribution in [-0.2, 0) is 20.7 Å². The van der Waals surface area contributed by atoms with Crippen LogP contribution in [0.25, 0.3) is 6.08 Å². The first kappa shape index (κ1) is 24.1. The lowest BCUT2D eigenvalue weighted by Crippen LogP contribution is -2.27. The van der Waals surface area contributed by atoms with Gasteiger partial charge in [0.15, 0.2) is 11.5 Å². The molecule has 3 rings (SSSR count). The summed E-state index contributed by atoms with van der Waals surface area (Å²) in [7, 11) is 4.51. The van der Waals surface area contributed by atoms with Crippen molar-refractivity contribution < 1.29 is 23.8 Å². The molecule has 0 aliphatic carbocycles. The van der Waals surface area contributed by atoms with E-state index in [9.17, 15) is 9.59 Å². The molecule has 1 heterocycles. The van der Waals surface area contributed by atoms with Crippen molar-refractivity contribution >= 4 is 18.0 Å². The third kappa shape index (κ3) is 5.11. The molecule has 6 nitrogen and oxygen atoms in total. The summed E-state index contributed by atoms with van der Waals surface area (Å²) in [4.78, 5) is 27.5. The van der Waals surface area contributed by atoms with E-state index in [0.29, 0.717) is 47.2 Å². The molecule has 0 unspecified atom stereocenters. The monoisotopic (exact) mass is 449 g/mol. The Balaban J connectivity index is 1.88. The highest BCUT2D eigenvalue weighted by atomic mass is 16.5. The number of rotatable bonds is 8. The summed E-state index contributed by atoms with van der Waals surface area (Å²) in [5.41, 5.74) is 4.32. The first-order valence-electron chi connectivity index (χ1n) is 10.9. The highest BCUT2D eigenvalue weighted by Crippen LogP contribution is 2.33. The second kappa shape index (κ2) is 10.4. The fraction of sp³-hybridized carbons (Fsp3) is 0.333. The van der Waals surface area contributed by atoms with Crippen molar-refractivity contribution in [1.82, 2.24) is 4.90 Å². The number of carbonyl (C=O) groups excluding carboxylic acids is 2. The maximum atomic E-state index is 13.3. The number of nitrogens with zero attached hydrogens (tertiary/aromatic N) is 1. The van der Waals surface area contributed by atoms with Gasteiger partial charge in [-0.3, -0.25) is 4.79 Å². The van der Waals surface area contributed by atoms with Crippen molar-refractivity contribution in [3.63, 3.8) is 0 Å². The topological polar surface area (TPSA) is 65.1 Å². The van der Waals surface area contributed by atoms with E-state index in [1.807, 2.05) is 42.5 Å². The summed E-state index contributed by atoms with van der Waals surface area (Å²) in [5.74, 6) is 0.979. The smallest absolute Gasteiger partial charge is 0.340 e. The van der Waals surface area contributed by atoms with Gasteiger partial charge in [-0.2, -0.15) is 0 Å². The van der Waals surface area contributed by atoms with E-state index in [1.54, 1.807) is 32.1 Å². The lowest BCUT2D eigenvalue weighted by atomic mass is 9.99. The molecule has 0 aromatic heterocycles. The first-order valence-corrected chi connectivity index (χ1v) is 10.9. The fourth-order valence-corrected chi connectivity index (χ4v) is 3.92. The fourth-order valence-electron chi connectivity index (χ4n) is 3.92. The Morgan fingerprint density at radius 3 is 2.24 bits per heavy atom. The summed E-state index contributed by atoms with van der Waals surface area (Å²) in [5, 5.41) is 0. The molecule has 1 aliphatic heterocycles. The first-order chi connectivity index (χ1) is 15.8.